The molecule has 116 valence electrons. The van der Waals surface area contributed by atoms with Crippen LogP contribution in [0, 0.1) is 10.1 Å². The van der Waals surface area contributed by atoms with Crippen LogP contribution < -0.4 is 11.5 Å². The molecule has 3 aromatic rings. The minimum Gasteiger partial charge on any atom is -0.378 e. The van der Waals surface area contributed by atoms with Gasteiger partial charge in [0.2, 0.25) is 11.6 Å². The van der Waals surface area contributed by atoms with E-state index in [-0.39, 0.29) is 34.3 Å². The first kappa shape index (κ1) is 14.1. The van der Waals surface area contributed by atoms with Crippen molar-refractivity contribution in [1.82, 2.24) is 25.3 Å². The number of hydrogen-bond acceptors (Lipinski definition) is 9. The van der Waals surface area contributed by atoms with E-state index in [1.54, 1.807) is 0 Å². The van der Waals surface area contributed by atoms with Gasteiger partial charge in [0.15, 0.2) is 5.69 Å². The average molecular weight is 316 g/mol. The third kappa shape index (κ3) is 2.33. The topological polar surface area (TPSA) is 182 Å². The van der Waals surface area contributed by atoms with E-state index in [0.717, 1.165) is 4.68 Å². The summed E-state index contributed by atoms with van der Waals surface area (Å²) in [6.07, 6.45) is 0. The van der Waals surface area contributed by atoms with Crippen molar-refractivity contribution in [3.63, 3.8) is 0 Å². The van der Waals surface area contributed by atoms with Gasteiger partial charge in [-0.3, -0.25) is 14.9 Å². The highest BCUT2D eigenvalue weighted by atomic mass is 16.6. The third-order valence-electron chi connectivity index (χ3n) is 2.93. The van der Waals surface area contributed by atoms with E-state index in [2.05, 4.69) is 25.3 Å². The van der Waals surface area contributed by atoms with Gasteiger partial charge in [0, 0.05) is 17.7 Å². The van der Waals surface area contributed by atoms with Crippen LogP contribution in [0.15, 0.2) is 28.9 Å². The molecular formula is C11H8N8O4. The number of anilines is 1. The van der Waals surface area contributed by atoms with Gasteiger partial charge in [0.25, 0.3) is 11.6 Å². The Morgan fingerprint density at radius 1 is 1.35 bits per heavy atom. The number of nitro benzene ring substituents is 1. The molecule has 23 heavy (non-hydrogen) atoms. The van der Waals surface area contributed by atoms with E-state index >= 15 is 0 Å². The lowest BCUT2D eigenvalue weighted by Crippen LogP contribution is -2.13. The van der Waals surface area contributed by atoms with E-state index in [9.17, 15) is 14.9 Å². The number of nitrogens with zero attached hydrogens (tertiary/aromatic N) is 6. The van der Waals surface area contributed by atoms with E-state index in [1.807, 2.05) is 0 Å². The van der Waals surface area contributed by atoms with Crippen LogP contribution in [0.3, 0.4) is 0 Å². The molecule has 0 bridgehead atoms. The highest BCUT2D eigenvalue weighted by Crippen LogP contribution is 2.28. The van der Waals surface area contributed by atoms with E-state index in [4.69, 9.17) is 11.5 Å². The minimum absolute atomic E-state index is 0.0218. The Morgan fingerprint density at radius 2 is 2.13 bits per heavy atom. The number of hydrogen-bond donors (Lipinski definition) is 2. The van der Waals surface area contributed by atoms with E-state index < -0.39 is 10.8 Å². The zero-order chi connectivity index (χ0) is 16.6. The number of carbonyl (C=O) groups excluding carboxylic acids is 1. The molecule has 0 atom stereocenters. The summed E-state index contributed by atoms with van der Waals surface area (Å²) in [5, 5.41) is 25.3. The molecule has 0 unspecified atom stereocenters. The first-order chi connectivity index (χ1) is 11.0. The second-order valence-electron chi connectivity index (χ2n) is 4.34. The molecule has 2 aromatic heterocycles. The number of primary amides is 1. The van der Waals surface area contributed by atoms with Crippen LogP contribution in [-0.4, -0.2) is 36.1 Å². The van der Waals surface area contributed by atoms with Gasteiger partial charge in [-0.15, -0.1) is 5.10 Å². The standard InChI is InChI=1S/C11H8N8O4/c12-9-11(16-23-15-9)18-8(7(10(13)20)14-17-18)5-2-1-3-6(4-5)19(21)22/h1-4H,(H2,12,15)(H2,13,20). The van der Waals surface area contributed by atoms with Crippen molar-refractivity contribution in [3.8, 4) is 17.1 Å². The highest BCUT2D eigenvalue weighted by molar-refractivity contribution is 5.97. The molecule has 0 spiro atoms. The number of carbonyl (C=O) groups is 1. The summed E-state index contributed by atoms with van der Waals surface area (Å²) in [6, 6.07) is 5.51. The Morgan fingerprint density at radius 3 is 2.74 bits per heavy atom. The fraction of sp³-hybridized carbons (Fsp3) is 0. The summed E-state index contributed by atoms with van der Waals surface area (Å²) in [5.74, 6) is -0.989. The predicted molar refractivity (Wildman–Crippen MR) is 74.2 cm³/mol. The first-order valence-corrected chi connectivity index (χ1v) is 6.07. The molecule has 0 aliphatic rings. The lowest BCUT2D eigenvalue weighted by molar-refractivity contribution is -0.384. The van der Waals surface area contributed by atoms with Crippen LogP contribution in [0.2, 0.25) is 0 Å². The summed E-state index contributed by atoms with van der Waals surface area (Å²) >= 11 is 0. The maximum Gasteiger partial charge on any atom is 0.271 e. The molecule has 2 heterocycles. The Hall–Kier alpha value is -3.83. The van der Waals surface area contributed by atoms with Crippen LogP contribution in [0.25, 0.3) is 17.1 Å². The molecule has 4 N–H and O–H groups in total. The molecule has 3 rings (SSSR count). The smallest absolute Gasteiger partial charge is 0.271 e. The summed E-state index contributed by atoms with van der Waals surface area (Å²) < 4.78 is 5.56. The molecule has 0 saturated heterocycles. The molecule has 12 nitrogen and oxygen atoms in total. The number of nitrogen functional groups attached to an aromatic ring is 1. The fourth-order valence-electron chi connectivity index (χ4n) is 1.96. The maximum atomic E-state index is 11.6. The molecule has 1 amide bonds. The maximum absolute atomic E-state index is 11.6. The van der Waals surface area contributed by atoms with Gasteiger partial charge in [-0.25, -0.2) is 4.63 Å². The normalized spacial score (nSPS) is 10.6. The van der Waals surface area contributed by atoms with Crippen LogP contribution in [0.4, 0.5) is 11.5 Å². The van der Waals surface area contributed by atoms with Crippen molar-refractivity contribution in [2.75, 3.05) is 5.73 Å². The van der Waals surface area contributed by atoms with Crippen molar-refractivity contribution >= 4 is 17.4 Å². The zero-order valence-corrected chi connectivity index (χ0v) is 11.3. The third-order valence-corrected chi connectivity index (χ3v) is 2.93. The second-order valence-corrected chi connectivity index (χ2v) is 4.34. The largest absolute Gasteiger partial charge is 0.378 e. The van der Waals surface area contributed by atoms with Crippen molar-refractivity contribution in [3.05, 3.63) is 40.1 Å². The molecule has 0 saturated carbocycles. The van der Waals surface area contributed by atoms with E-state index in [1.165, 1.54) is 24.3 Å². The number of aromatic nitrogens is 5. The van der Waals surface area contributed by atoms with Crippen molar-refractivity contribution < 1.29 is 14.3 Å². The summed E-state index contributed by atoms with van der Waals surface area (Å²) in [5.41, 5.74) is 10.9. The first-order valence-electron chi connectivity index (χ1n) is 6.07. The molecular weight excluding hydrogens is 308 g/mol. The molecule has 1 aromatic carbocycles. The summed E-state index contributed by atoms with van der Waals surface area (Å²) in [4.78, 5) is 21.9. The Bertz CT molecular complexity index is 914. The number of rotatable bonds is 4. The van der Waals surface area contributed by atoms with Crippen molar-refractivity contribution in [1.29, 1.82) is 0 Å². The SMILES string of the molecule is NC(=O)c1nnn(-c2nonc2N)c1-c1cccc([N+](=O)[O-])c1. The van der Waals surface area contributed by atoms with Crippen LogP contribution >= 0.6 is 0 Å². The lowest BCUT2D eigenvalue weighted by atomic mass is 10.1. The van der Waals surface area contributed by atoms with Gasteiger partial charge in [0.05, 0.1) is 4.92 Å². The Kier molecular flexibility index (Phi) is 3.18. The number of non-ortho nitro benzene ring substituents is 1. The van der Waals surface area contributed by atoms with Gasteiger partial charge in [-0.1, -0.05) is 17.3 Å². The van der Waals surface area contributed by atoms with Crippen molar-refractivity contribution in [2.45, 2.75) is 0 Å². The highest BCUT2D eigenvalue weighted by Gasteiger charge is 2.24. The quantitative estimate of drug-likeness (QED) is 0.490. The van der Waals surface area contributed by atoms with E-state index in [0.29, 0.717) is 0 Å². The second kappa shape index (κ2) is 5.18. The van der Waals surface area contributed by atoms with Gasteiger partial charge in [0.1, 0.15) is 5.69 Å². The lowest BCUT2D eigenvalue weighted by Gasteiger charge is -2.04. The monoisotopic (exact) mass is 316 g/mol. The molecule has 12 heteroatoms. The number of nitrogens with two attached hydrogens (primary N) is 2. The average Bonchev–Trinajstić information content (AvgIpc) is 3.12. The van der Waals surface area contributed by atoms with Crippen LogP contribution in [0.5, 0.6) is 0 Å². The number of amides is 1. The molecule has 0 aliphatic heterocycles. The summed E-state index contributed by atoms with van der Waals surface area (Å²) in [6.45, 7) is 0. The summed E-state index contributed by atoms with van der Waals surface area (Å²) in [7, 11) is 0. The Balaban J connectivity index is 2.27. The van der Waals surface area contributed by atoms with Gasteiger partial charge < -0.3 is 11.5 Å². The minimum atomic E-state index is -0.868. The number of benzene rings is 1. The zero-order valence-electron chi connectivity index (χ0n) is 11.3. The van der Waals surface area contributed by atoms with Gasteiger partial charge in [-0.05, 0) is 10.3 Å². The fourth-order valence-corrected chi connectivity index (χ4v) is 1.96. The molecule has 0 aliphatic carbocycles. The number of nitro groups is 1. The Labute approximate surface area is 126 Å². The predicted octanol–water partition coefficient (Wildman–Crippen LogP) is -0.0934. The molecule has 0 fully saturated rings. The molecule has 0 radical (unpaired) electrons. The van der Waals surface area contributed by atoms with Crippen molar-refractivity contribution in [2.24, 2.45) is 5.73 Å². The van der Waals surface area contributed by atoms with Crippen LogP contribution in [0.1, 0.15) is 10.5 Å². The van der Waals surface area contributed by atoms with Gasteiger partial charge in [-0.2, -0.15) is 4.68 Å². The van der Waals surface area contributed by atoms with Gasteiger partial charge >= 0.3 is 0 Å². The van der Waals surface area contributed by atoms with Crippen LogP contribution in [-0.2, 0) is 0 Å².